The highest BCUT2D eigenvalue weighted by Gasteiger charge is 2.23. The lowest BCUT2D eigenvalue weighted by atomic mass is 10.0. The lowest BCUT2D eigenvalue weighted by molar-refractivity contribution is 0.0898. The molecule has 1 aliphatic rings. The summed E-state index contributed by atoms with van der Waals surface area (Å²) in [4.78, 5) is 26.9. The Labute approximate surface area is 171 Å². The van der Waals surface area contributed by atoms with Crippen LogP contribution in [-0.2, 0) is 6.67 Å². The van der Waals surface area contributed by atoms with Crippen LogP contribution >= 0.6 is 15.9 Å². The summed E-state index contributed by atoms with van der Waals surface area (Å²) in [7, 11) is 0. The molecule has 28 heavy (non-hydrogen) atoms. The second-order valence-electron chi connectivity index (χ2n) is 7.23. The molecule has 146 valence electrons. The summed E-state index contributed by atoms with van der Waals surface area (Å²) in [5.41, 5.74) is 3.09. The Hall–Kier alpha value is -2.38. The molecule has 1 fully saturated rings. The van der Waals surface area contributed by atoms with Crippen LogP contribution in [0, 0.1) is 6.92 Å². The molecule has 6 nitrogen and oxygen atoms in total. The molecule has 2 aromatic carbocycles. The van der Waals surface area contributed by atoms with Crippen LogP contribution in [-0.4, -0.2) is 34.5 Å². The Morgan fingerprint density at radius 1 is 1.21 bits per heavy atom. The van der Waals surface area contributed by atoms with Gasteiger partial charge in [-0.25, -0.2) is 4.79 Å². The summed E-state index contributed by atoms with van der Waals surface area (Å²) in [6.45, 7) is 4.07. The van der Waals surface area contributed by atoms with Crippen LogP contribution in [0.2, 0.25) is 0 Å². The molecular formula is C21H22BrN3O3. The number of rotatable bonds is 4. The standard InChI is InChI=1S/C21H22BrN3O3/c1-14-4-2-3-5-17(14)20(26)23-16-8-10-24(11-9-16)13-25-18-7-6-15(22)12-19(18)28-21(25)27/h2-7,12,16H,8-11,13H2,1H3,(H,23,26). The number of likely N-dealkylation sites (tertiary alicyclic amines) is 1. The van der Waals surface area contributed by atoms with Crippen LogP contribution in [0.3, 0.4) is 0 Å². The number of oxazole rings is 1. The molecule has 4 rings (SSSR count). The topological polar surface area (TPSA) is 67.5 Å². The van der Waals surface area contributed by atoms with E-state index in [0.717, 1.165) is 47.0 Å². The van der Waals surface area contributed by atoms with Gasteiger partial charge in [-0.1, -0.05) is 34.1 Å². The third kappa shape index (κ3) is 3.91. The molecule has 3 aromatic rings. The normalized spacial score (nSPS) is 15.8. The highest BCUT2D eigenvalue weighted by molar-refractivity contribution is 9.10. The quantitative estimate of drug-likeness (QED) is 0.669. The number of aromatic nitrogens is 1. The van der Waals surface area contributed by atoms with E-state index < -0.39 is 0 Å². The molecule has 2 heterocycles. The first-order chi connectivity index (χ1) is 13.5. The monoisotopic (exact) mass is 443 g/mol. The summed E-state index contributed by atoms with van der Waals surface area (Å²) in [5, 5.41) is 3.14. The third-order valence-corrected chi connectivity index (χ3v) is 5.78. The number of hydrogen-bond donors (Lipinski definition) is 1. The van der Waals surface area contributed by atoms with Gasteiger partial charge in [0.15, 0.2) is 5.58 Å². The Balaban J connectivity index is 1.37. The maximum absolute atomic E-state index is 12.5. The van der Waals surface area contributed by atoms with Gasteiger partial charge in [0, 0.05) is 29.2 Å². The number of amides is 1. The number of benzene rings is 2. The highest BCUT2D eigenvalue weighted by Crippen LogP contribution is 2.20. The van der Waals surface area contributed by atoms with E-state index in [2.05, 4.69) is 26.1 Å². The van der Waals surface area contributed by atoms with Crippen molar-refractivity contribution in [1.82, 2.24) is 14.8 Å². The zero-order valence-corrected chi connectivity index (χ0v) is 17.2. The van der Waals surface area contributed by atoms with Crippen molar-refractivity contribution in [2.75, 3.05) is 13.1 Å². The van der Waals surface area contributed by atoms with Gasteiger partial charge in [-0.15, -0.1) is 0 Å². The fraction of sp³-hybridized carbons (Fsp3) is 0.333. The van der Waals surface area contributed by atoms with E-state index in [1.165, 1.54) is 0 Å². The van der Waals surface area contributed by atoms with Gasteiger partial charge in [-0.2, -0.15) is 0 Å². The van der Waals surface area contributed by atoms with Crippen molar-refractivity contribution in [3.05, 3.63) is 68.6 Å². The maximum Gasteiger partial charge on any atom is 0.421 e. The largest absolute Gasteiger partial charge is 0.421 e. The average molecular weight is 444 g/mol. The zero-order valence-electron chi connectivity index (χ0n) is 15.7. The number of halogens is 1. The molecule has 0 saturated carbocycles. The number of piperidine rings is 1. The van der Waals surface area contributed by atoms with Crippen molar-refractivity contribution < 1.29 is 9.21 Å². The predicted molar refractivity (Wildman–Crippen MR) is 111 cm³/mol. The number of carbonyl (C=O) groups excluding carboxylic acids is 1. The van der Waals surface area contributed by atoms with Crippen LogP contribution in [0.1, 0.15) is 28.8 Å². The van der Waals surface area contributed by atoms with Gasteiger partial charge < -0.3 is 9.73 Å². The van der Waals surface area contributed by atoms with E-state index in [4.69, 9.17) is 4.42 Å². The lowest BCUT2D eigenvalue weighted by Gasteiger charge is -2.32. The number of aryl methyl sites for hydroxylation is 1. The summed E-state index contributed by atoms with van der Waals surface area (Å²) < 4.78 is 7.89. The van der Waals surface area contributed by atoms with E-state index in [9.17, 15) is 9.59 Å². The summed E-state index contributed by atoms with van der Waals surface area (Å²) in [6.07, 6.45) is 1.71. The number of carbonyl (C=O) groups is 1. The van der Waals surface area contributed by atoms with E-state index in [1.807, 2.05) is 43.3 Å². The number of nitrogens with zero attached hydrogens (tertiary/aromatic N) is 2. The molecule has 0 spiro atoms. The molecule has 0 atom stereocenters. The van der Waals surface area contributed by atoms with Crippen LogP contribution < -0.4 is 11.1 Å². The summed E-state index contributed by atoms with van der Waals surface area (Å²) in [5.74, 6) is -0.359. The maximum atomic E-state index is 12.5. The first kappa shape index (κ1) is 19.0. The lowest BCUT2D eigenvalue weighted by Crippen LogP contribution is -2.45. The van der Waals surface area contributed by atoms with Gasteiger partial charge in [0.05, 0.1) is 12.2 Å². The number of hydrogen-bond acceptors (Lipinski definition) is 4. The van der Waals surface area contributed by atoms with Crippen molar-refractivity contribution >= 4 is 32.9 Å². The Kier molecular flexibility index (Phi) is 5.37. The molecule has 0 unspecified atom stereocenters. The van der Waals surface area contributed by atoms with Crippen molar-refractivity contribution in [2.45, 2.75) is 32.5 Å². The van der Waals surface area contributed by atoms with Crippen LogP contribution in [0.5, 0.6) is 0 Å². The van der Waals surface area contributed by atoms with Crippen LogP contribution in [0.4, 0.5) is 0 Å². The minimum Gasteiger partial charge on any atom is -0.408 e. The first-order valence-corrected chi connectivity index (χ1v) is 10.2. The average Bonchev–Trinajstić information content (AvgIpc) is 2.98. The molecule has 7 heteroatoms. The van der Waals surface area contributed by atoms with E-state index in [-0.39, 0.29) is 17.7 Å². The van der Waals surface area contributed by atoms with E-state index in [1.54, 1.807) is 10.6 Å². The number of nitrogens with one attached hydrogen (secondary N) is 1. The van der Waals surface area contributed by atoms with Gasteiger partial charge in [0.2, 0.25) is 0 Å². The molecule has 0 bridgehead atoms. The van der Waals surface area contributed by atoms with Gasteiger partial charge in [-0.3, -0.25) is 14.3 Å². The van der Waals surface area contributed by atoms with Gasteiger partial charge in [0.25, 0.3) is 5.91 Å². The van der Waals surface area contributed by atoms with Crippen molar-refractivity contribution in [3.63, 3.8) is 0 Å². The van der Waals surface area contributed by atoms with Crippen LogP contribution in [0.15, 0.2) is 56.1 Å². The van der Waals surface area contributed by atoms with Crippen molar-refractivity contribution in [2.24, 2.45) is 0 Å². The van der Waals surface area contributed by atoms with Gasteiger partial charge >= 0.3 is 5.76 Å². The second-order valence-corrected chi connectivity index (χ2v) is 8.15. The first-order valence-electron chi connectivity index (χ1n) is 9.39. The summed E-state index contributed by atoms with van der Waals surface area (Å²) >= 11 is 3.40. The fourth-order valence-electron chi connectivity index (χ4n) is 3.68. The molecule has 1 aliphatic heterocycles. The third-order valence-electron chi connectivity index (χ3n) is 5.28. The van der Waals surface area contributed by atoms with Crippen molar-refractivity contribution in [3.8, 4) is 0 Å². The van der Waals surface area contributed by atoms with Crippen molar-refractivity contribution in [1.29, 1.82) is 0 Å². The van der Waals surface area contributed by atoms with Gasteiger partial charge in [-0.05, 0) is 49.6 Å². The molecule has 0 aliphatic carbocycles. The molecule has 1 amide bonds. The zero-order chi connectivity index (χ0) is 19.7. The van der Waals surface area contributed by atoms with Gasteiger partial charge in [0.1, 0.15) is 0 Å². The molecule has 1 N–H and O–H groups in total. The second kappa shape index (κ2) is 7.93. The Morgan fingerprint density at radius 3 is 2.71 bits per heavy atom. The van der Waals surface area contributed by atoms with E-state index in [0.29, 0.717) is 12.3 Å². The Morgan fingerprint density at radius 2 is 1.96 bits per heavy atom. The number of fused-ring (bicyclic) bond motifs is 1. The molecule has 0 radical (unpaired) electrons. The minimum atomic E-state index is -0.344. The van der Waals surface area contributed by atoms with E-state index >= 15 is 0 Å². The van der Waals surface area contributed by atoms with Crippen LogP contribution in [0.25, 0.3) is 11.1 Å². The molecule has 1 saturated heterocycles. The predicted octanol–water partition coefficient (Wildman–Crippen LogP) is 3.52. The summed E-state index contributed by atoms with van der Waals surface area (Å²) in [6, 6.07) is 13.4. The smallest absolute Gasteiger partial charge is 0.408 e. The minimum absolute atomic E-state index is 0.0147. The fourth-order valence-corrected chi connectivity index (χ4v) is 4.02. The molecule has 1 aromatic heterocycles. The molecular weight excluding hydrogens is 422 g/mol. The SMILES string of the molecule is Cc1ccccc1C(=O)NC1CCN(Cn2c(=O)oc3cc(Br)ccc32)CC1. The highest BCUT2D eigenvalue weighted by atomic mass is 79.9. The Bertz CT molecular complexity index is 1060.